The van der Waals surface area contributed by atoms with Gasteiger partial charge in [0.15, 0.2) is 0 Å². The van der Waals surface area contributed by atoms with E-state index < -0.39 is 18.0 Å². The summed E-state index contributed by atoms with van der Waals surface area (Å²) in [6.45, 7) is 1.18. The van der Waals surface area contributed by atoms with Crippen molar-refractivity contribution in [2.75, 3.05) is 18.1 Å². The van der Waals surface area contributed by atoms with Gasteiger partial charge in [0.1, 0.15) is 12.1 Å². The molecule has 0 saturated carbocycles. The molecule has 0 bridgehead atoms. The highest BCUT2D eigenvalue weighted by atomic mass is 16.6. The highest BCUT2D eigenvalue weighted by molar-refractivity contribution is 5.92. The van der Waals surface area contributed by atoms with E-state index in [4.69, 9.17) is 4.84 Å². The Hall–Kier alpha value is -4.63. The molecule has 5 rings (SSSR count). The minimum atomic E-state index is -0.837. The van der Waals surface area contributed by atoms with Crippen molar-refractivity contribution < 1.29 is 19.2 Å². The van der Waals surface area contributed by atoms with E-state index in [0.717, 1.165) is 35.2 Å². The SMILES string of the molecule is O=C(CC(C(=O)N[C@H]1CCCCNC1=O)N1C=CN(c2ccc(-c3ccccc3)cc2)C1)NOCc1ccccc1. The third-order valence-corrected chi connectivity index (χ3v) is 7.26. The van der Waals surface area contributed by atoms with E-state index in [2.05, 4.69) is 40.4 Å². The van der Waals surface area contributed by atoms with Gasteiger partial charge in [-0.25, -0.2) is 5.48 Å². The van der Waals surface area contributed by atoms with Crippen LogP contribution in [0, 0.1) is 0 Å². The molecule has 3 N–H and O–H groups in total. The highest BCUT2D eigenvalue weighted by Gasteiger charge is 2.33. The third kappa shape index (κ3) is 7.52. The Bertz CT molecular complexity index is 1350. The molecule has 2 heterocycles. The summed E-state index contributed by atoms with van der Waals surface area (Å²) in [5.74, 6) is -0.996. The Morgan fingerprint density at radius 2 is 1.61 bits per heavy atom. The molecular weight excluding hydrogens is 518 g/mol. The van der Waals surface area contributed by atoms with Crippen LogP contribution in [0.25, 0.3) is 11.1 Å². The van der Waals surface area contributed by atoms with E-state index in [0.29, 0.717) is 19.6 Å². The van der Waals surface area contributed by atoms with Crippen LogP contribution in [0.4, 0.5) is 5.69 Å². The summed E-state index contributed by atoms with van der Waals surface area (Å²) >= 11 is 0. The molecule has 0 aromatic heterocycles. The smallest absolute Gasteiger partial charge is 0.246 e. The maximum atomic E-state index is 13.5. The molecule has 0 spiro atoms. The predicted octanol–water partition coefficient (Wildman–Crippen LogP) is 3.70. The molecule has 0 aliphatic carbocycles. The van der Waals surface area contributed by atoms with Crippen molar-refractivity contribution >= 4 is 23.4 Å². The third-order valence-electron chi connectivity index (χ3n) is 7.26. The average Bonchev–Trinajstić information content (AvgIpc) is 3.41. The number of hydrogen-bond acceptors (Lipinski definition) is 6. The Labute approximate surface area is 240 Å². The van der Waals surface area contributed by atoms with E-state index in [1.807, 2.05) is 76.7 Å². The number of amides is 3. The number of hydroxylamine groups is 1. The standard InChI is InChI=1S/C32H35N5O4/c38-30(35-41-22-24-9-3-1-4-10-24)21-29(32(40)34-28-13-7-8-18-33-31(28)39)37-20-19-36(23-37)27-16-14-26(15-17-27)25-11-5-2-6-12-25/h1-6,9-12,14-17,19-20,28-29H,7-8,13,18,21-23H2,(H,33,39)(H,34,40)(H,35,38)/t28-,29?/m0/s1. The normalized spacial score (nSPS) is 17.5. The molecule has 1 fully saturated rings. The first-order valence-electron chi connectivity index (χ1n) is 14.0. The minimum absolute atomic E-state index is 0.139. The number of rotatable bonds is 10. The zero-order chi connectivity index (χ0) is 28.4. The fourth-order valence-corrected chi connectivity index (χ4v) is 4.98. The monoisotopic (exact) mass is 553 g/mol. The van der Waals surface area contributed by atoms with E-state index in [-0.39, 0.29) is 24.8 Å². The van der Waals surface area contributed by atoms with Crippen LogP contribution in [0.2, 0.25) is 0 Å². The molecular formula is C32H35N5O4. The van der Waals surface area contributed by atoms with Crippen LogP contribution in [0.1, 0.15) is 31.2 Å². The molecule has 2 aliphatic heterocycles. The van der Waals surface area contributed by atoms with Crippen molar-refractivity contribution in [3.05, 3.63) is 103 Å². The van der Waals surface area contributed by atoms with E-state index in [1.165, 1.54) is 0 Å². The van der Waals surface area contributed by atoms with Gasteiger partial charge in [-0.15, -0.1) is 0 Å². The molecule has 2 aliphatic rings. The first-order chi connectivity index (χ1) is 20.1. The quantitative estimate of drug-likeness (QED) is 0.331. The van der Waals surface area contributed by atoms with E-state index >= 15 is 0 Å². The molecule has 0 radical (unpaired) electrons. The number of benzene rings is 3. The van der Waals surface area contributed by atoms with Crippen LogP contribution < -0.4 is 21.0 Å². The van der Waals surface area contributed by atoms with E-state index in [9.17, 15) is 14.4 Å². The lowest BCUT2D eigenvalue weighted by molar-refractivity contribution is -0.139. The summed E-state index contributed by atoms with van der Waals surface area (Å²) in [5, 5.41) is 5.74. The zero-order valence-corrected chi connectivity index (χ0v) is 22.9. The Balaban J connectivity index is 1.25. The number of anilines is 1. The molecule has 3 aromatic rings. The van der Waals surface area contributed by atoms with Crippen LogP contribution in [0.5, 0.6) is 0 Å². The number of hydrogen-bond donors (Lipinski definition) is 3. The number of carbonyl (C=O) groups excluding carboxylic acids is 3. The van der Waals surface area contributed by atoms with Gasteiger partial charge in [-0.3, -0.25) is 19.2 Å². The summed E-state index contributed by atoms with van der Waals surface area (Å²) in [6, 6.07) is 26.4. The Morgan fingerprint density at radius 1 is 0.902 bits per heavy atom. The van der Waals surface area contributed by atoms with Crippen LogP contribution in [-0.2, 0) is 25.8 Å². The number of carbonyl (C=O) groups is 3. The van der Waals surface area contributed by atoms with Gasteiger partial charge in [0.25, 0.3) is 0 Å². The summed E-state index contributed by atoms with van der Waals surface area (Å²) < 4.78 is 0. The molecule has 9 heteroatoms. The fraction of sp³-hybridized carbons (Fsp3) is 0.281. The Morgan fingerprint density at radius 3 is 2.37 bits per heavy atom. The van der Waals surface area contributed by atoms with Crippen molar-refractivity contribution in [1.82, 2.24) is 21.0 Å². The van der Waals surface area contributed by atoms with Gasteiger partial charge in [-0.1, -0.05) is 72.8 Å². The molecule has 1 unspecified atom stereocenters. The second kappa shape index (κ2) is 13.6. The molecule has 9 nitrogen and oxygen atoms in total. The zero-order valence-electron chi connectivity index (χ0n) is 22.9. The van der Waals surface area contributed by atoms with Crippen LogP contribution in [0.3, 0.4) is 0 Å². The number of nitrogens with zero attached hydrogens (tertiary/aromatic N) is 2. The van der Waals surface area contributed by atoms with Gasteiger partial charge in [0, 0.05) is 24.6 Å². The number of nitrogens with one attached hydrogen (secondary N) is 3. The second-order valence-electron chi connectivity index (χ2n) is 10.2. The highest BCUT2D eigenvalue weighted by Crippen LogP contribution is 2.26. The Kier molecular flexibility index (Phi) is 9.28. The van der Waals surface area contributed by atoms with Gasteiger partial charge in [0.05, 0.1) is 19.7 Å². The lowest BCUT2D eigenvalue weighted by Crippen LogP contribution is -2.53. The lowest BCUT2D eigenvalue weighted by atomic mass is 10.1. The molecule has 1 saturated heterocycles. The van der Waals surface area contributed by atoms with Gasteiger partial charge in [-0.05, 0) is 48.1 Å². The van der Waals surface area contributed by atoms with Gasteiger partial charge >= 0.3 is 0 Å². The first-order valence-corrected chi connectivity index (χ1v) is 14.0. The van der Waals surface area contributed by atoms with Gasteiger partial charge < -0.3 is 20.4 Å². The summed E-state index contributed by atoms with van der Waals surface area (Å²) in [4.78, 5) is 48.1. The topological polar surface area (TPSA) is 103 Å². The lowest BCUT2D eigenvalue weighted by Gasteiger charge is -2.29. The van der Waals surface area contributed by atoms with E-state index in [1.54, 1.807) is 6.20 Å². The average molecular weight is 554 g/mol. The molecule has 3 amide bonds. The second-order valence-corrected chi connectivity index (χ2v) is 10.2. The molecule has 212 valence electrons. The van der Waals surface area contributed by atoms with Crippen molar-refractivity contribution in [2.45, 2.75) is 44.4 Å². The van der Waals surface area contributed by atoms with Crippen molar-refractivity contribution in [3.8, 4) is 11.1 Å². The van der Waals surface area contributed by atoms with Gasteiger partial charge in [0.2, 0.25) is 17.7 Å². The predicted molar refractivity (Wildman–Crippen MR) is 157 cm³/mol. The van der Waals surface area contributed by atoms with Crippen LogP contribution in [-0.4, -0.2) is 47.9 Å². The summed E-state index contributed by atoms with van der Waals surface area (Å²) in [5.41, 5.74) is 6.59. The molecule has 41 heavy (non-hydrogen) atoms. The summed E-state index contributed by atoms with van der Waals surface area (Å²) in [6.07, 6.45) is 5.82. The maximum Gasteiger partial charge on any atom is 0.246 e. The van der Waals surface area contributed by atoms with Crippen LogP contribution >= 0.6 is 0 Å². The molecule has 3 aromatic carbocycles. The first kappa shape index (κ1) is 27.9. The summed E-state index contributed by atoms with van der Waals surface area (Å²) in [7, 11) is 0. The van der Waals surface area contributed by atoms with Crippen molar-refractivity contribution in [3.63, 3.8) is 0 Å². The molecule has 2 atom stereocenters. The van der Waals surface area contributed by atoms with Crippen LogP contribution in [0.15, 0.2) is 97.3 Å². The van der Waals surface area contributed by atoms with Crippen molar-refractivity contribution in [2.24, 2.45) is 0 Å². The van der Waals surface area contributed by atoms with Crippen molar-refractivity contribution in [1.29, 1.82) is 0 Å². The maximum absolute atomic E-state index is 13.5. The fourth-order valence-electron chi connectivity index (χ4n) is 4.98. The van der Waals surface area contributed by atoms with Gasteiger partial charge in [-0.2, -0.15) is 0 Å². The largest absolute Gasteiger partial charge is 0.354 e. The minimum Gasteiger partial charge on any atom is -0.354 e.